The lowest BCUT2D eigenvalue weighted by molar-refractivity contribution is 0.589. The molecule has 0 fully saturated rings. The first-order chi connectivity index (χ1) is 11.7. The predicted molar refractivity (Wildman–Crippen MR) is 100 cm³/mol. The number of rotatable bonds is 7. The van der Waals surface area contributed by atoms with Crippen LogP contribution in [0.25, 0.3) is 0 Å². The molecule has 0 unspecified atom stereocenters. The Morgan fingerprint density at radius 2 is 1.56 bits per heavy atom. The second kappa shape index (κ2) is 7.43. The summed E-state index contributed by atoms with van der Waals surface area (Å²) >= 11 is 0.921. The Hall–Kier alpha value is -1.45. The van der Waals surface area contributed by atoms with Gasteiger partial charge in [-0.15, -0.1) is 0 Å². The van der Waals surface area contributed by atoms with Gasteiger partial charge in [-0.25, -0.2) is 21.8 Å². The van der Waals surface area contributed by atoms with Crippen molar-refractivity contribution in [3.8, 4) is 0 Å². The van der Waals surface area contributed by atoms with Crippen LogP contribution in [0, 0.1) is 6.92 Å². The Labute approximate surface area is 153 Å². The summed E-state index contributed by atoms with van der Waals surface area (Å²) in [5.41, 5.74) is 0.940. The highest BCUT2D eigenvalue weighted by Crippen LogP contribution is 2.37. The van der Waals surface area contributed by atoms with Crippen molar-refractivity contribution in [2.24, 2.45) is 0 Å². The van der Waals surface area contributed by atoms with Gasteiger partial charge in [0.15, 0.2) is 5.03 Å². The van der Waals surface area contributed by atoms with Crippen LogP contribution in [0.15, 0.2) is 38.5 Å². The molecule has 0 spiro atoms. The van der Waals surface area contributed by atoms with Crippen molar-refractivity contribution in [2.75, 3.05) is 23.7 Å². The van der Waals surface area contributed by atoms with Crippen LogP contribution in [-0.2, 0) is 19.7 Å². The molecule has 25 heavy (non-hydrogen) atoms. The van der Waals surface area contributed by atoms with Crippen molar-refractivity contribution < 1.29 is 16.8 Å². The Bertz CT molecular complexity index is 942. The van der Waals surface area contributed by atoms with Gasteiger partial charge in [0.25, 0.3) is 0 Å². The lowest BCUT2D eigenvalue weighted by Gasteiger charge is -2.19. The summed E-state index contributed by atoms with van der Waals surface area (Å²) < 4.78 is 50.4. The van der Waals surface area contributed by atoms with E-state index in [1.54, 1.807) is 12.1 Å². The standard InChI is InChI=1S/C16H22N2O4S3/c1-5-18(6-2)15-14(17-16(23-15)24(19,20)7-3)25(21,22)13-10-8-12(4)9-11-13/h8-11H,5-7H2,1-4H3. The largest absolute Gasteiger partial charge is 0.362 e. The number of anilines is 1. The zero-order valence-electron chi connectivity index (χ0n) is 14.7. The van der Waals surface area contributed by atoms with Gasteiger partial charge in [0, 0.05) is 13.1 Å². The molecule has 0 radical (unpaired) electrons. The van der Waals surface area contributed by atoms with Gasteiger partial charge < -0.3 is 4.90 Å². The Morgan fingerprint density at radius 1 is 1.00 bits per heavy atom. The van der Waals surface area contributed by atoms with Gasteiger partial charge >= 0.3 is 0 Å². The third-order valence-electron chi connectivity index (χ3n) is 3.84. The van der Waals surface area contributed by atoms with Crippen LogP contribution in [0.1, 0.15) is 26.3 Å². The second-order valence-electron chi connectivity index (χ2n) is 5.48. The monoisotopic (exact) mass is 402 g/mol. The van der Waals surface area contributed by atoms with Crippen LogP contribution < -0.4 is 4.90 Å². The topological polar surface area (TPSA) is 84.4 Å². The van der Waals surface area contributed by atoms with E-state index in [0.29, 0.717) is 18.1 Å². The maximum absolute atomic E-state index is 13.1. The average Bonchev–Trinajstić information content (AvgIpc) is 3.03. The predicted octanol–water partition coefficient (Wildman–Crippen LogP) is 2.92. The molecule has 1 aromatic carbocycles. The van der Waals surface area contributed by atoms with Gasteiger partial charge in [-0.1, -0.05) is 36.0 Å². The number of benzene rings is 1. The number of hydrogen-bond donors (Lipinski definition) is 0. The van der Waals surface area contributed by atoms with E-state index in [2.05, 4.69) is 4.98 Å². The third kappa shape index (κ3) is 3.88. The molecular formula is C16H22N2O4S3. The van der Waals surface area contributed by atoms with E-state index in [0.717, 1.165) is 16.9 Å². The molecule has 2 rings (SSSR count). The minimum absolute atomic E-state index is 0.109. The maximum Gasteiger partial charge on any atom is 0.226 e. The molecule has 0 amide bonds. The summed E-state index contributed by atoms with van der Waals surface area (Å²) in [6.07, 6.45) is 0. The van der Waals surface area contributed by atoms with E-state index in [4.69, 9.17) is 0 Å². The number of aryl methyl sites for hydroxylation is 1. The van der Waals surface area contributed by atoms with Crippen molar-refractivity contribution in [2.45, 2.75) is 42.0 Å². The van der Waals surface area contributed by atoms with E-state index in [1.165, 1.54) is 19.1 Å². The quantitative estimate of drug-likeness (QED) is 0.708. The Kier molecular flexibility index (Phi) is 5.90. The fourth-order valence-corrected chi connectivity index (χ4v) is 6.51. The minimum atomic E-state index is -3.91. The first-order valence-electron chi connectivity index (χ1n) is 7.97. The normalized spacial score (nSPS) is 12.3. The summed E-state index contributed by atoms with van der Waals surface area (Å²) in [6.45, 7) is 8.27. The lowest BCUT2D eigenvalue weighted by atomic mass is 10.2. The fourth-order valence-electron chi connectivity index (χ4n) is 2.25. The summed E-state index contributed by atoms with van der Waals surface area (Å²) in [7, 11) is -7.49. The Morgan fingerprint density at radius 3 is 2.04 bits per heavy atom. The zero-order valence-corrected chi connectivity index (χ0v) is 17.1. The van der Waals surface area contributed by atoms with Crippen LogP contribution in [0.3, 0.4) is 0 Å². The number of nitrogens with zero attached hydrogens (tertiary/aromatic N) is 2. The molecule has 0 aliphatic carbocycles. The van der Waals surface area contributed by atoms with Crippen molar-refractivity contribution >= 4 is 36.0 Å². The fraction of sp³-hybridized carbons (Fsp3) is 0.438. The highest BCUT2D eigenvalue weighted by atomic mass is 32.2. The molecule has 2 aromatic rings. The third-order valence-corrected chi connectivity index (χ3v) is 8.96. The van der Waals surface area contributed by atoms with E-state index in [-0.39, 0.29) is 20.0 Å². The minimum Gasteiger partial charge on any atom is -0.362 e. The average molecular weight is 403 g/mol. The molecule has 0 aliphatic heterocycles. The number of hydrogen-bond acceptors (Lipinski definition) is 7. The first-order valence-corrected chi connectivity index (χ1v) is 11.9. The summed E-state index contributed by atoms with van der Waals surface area (Å²) in [5, 5.41) is 0.190. The summed E-state index contributed by atoms with van der Waals surface area (Å²) in [5.74, 6) is -0.123. The molecule has 0 aliphatic rings. The number of sulfone groups is 2. The van der Waals surface area contributed by atoms with Crippen LogP contribution in [0.2, 0.25) is 0 Å². The molecule has 0 atom stereocenters. The van der Waals surface area contributed by atoms with E-state index >= 15 is 0 Å². The molecular weight excluding hydrogens is 380 g/mol. The van der Waals surface area contributed by atoms with E-state index < -0.39 is 19.7 Å². The molecule has 1 heterocycles. The molecule has 0 N–H and O–H groups in total. The summed E-state index contributed by atoms with van der Waals surface area (Å²) in [4.78, 5) is 5.96. The van der Waals surface area contributed by atoms with Gasteiger partial charge in [-0.3, -0.25) is 0 Å². The molecule has 138 valence electrons. The molecule has 0 saturated heterocycles. The number of thiazole rings is 1. The van der Waals surface area contributed by atoms with Crippen molar-refractivity contribution in [1.82, 2.24) is 4.98 Å². The molecule has 0 bridgehead atoms. The van der Waals surface area contributed by atoms with Crippen LogP contribution in [-0.4, -0.2) is 40.7 Å². The molecule has 0 saturated carbocycles. The van der Waals surface area contributed by atoms with Crippen LogP contribution in [0.4, 0.5) is 5.00 Å². The van der Waals surface area contributed by atoms with Crippen molar-refractivity contribution in [3.05, 3.63) is 29.8 Å². The van der Waals surface area contributed by atoms with Crippen molar-refractivity contribution in [1.29, 1.82) is 0 Å². The highest BCUT2D eigenvalue weighted by Gasteiger charge is 2.31. The maximum atomic E-state index is 13.1. The van der Waals surface area contributed by atoms with Crippen molar-refractivity contribution in [3.63, 3.8) is 0 Å². The molecule has 1 aromatic heterocycles. The van der Waals surface area contributed by atoms with Crippen LogP contribution >= 0.6 is 11.3 Å². The number of aromatic nitrogens is 1. The van der Waals surface area contributed by atoms with Gasteiger partial charge in [-0.2, -0.15) is 0 Å². The van der Waals surface area contributed by atoms with E-state index in [1.807, 2.05) is 25.7 Å². The van der Waals surface area contributed by atoms with Gasteiger partial charge in [0.2, 0.25) is 24.0 Å². The Balaban J connectivity index is 2.72. The molecule has 6 nitrogen and oxygen atoms in total. The zero-order chi connectivity index (χ0) is 18.8. The summed E-state index contributed by atoms with van der Waals surface area (Å²) in [6, 6.07) is 6.45. The van der Waals surface area contributed by atoms with Gasteiger partial charge in [-0.05, 0) is 32.9 Å². The van der Waals surface area contributed by atoms with E-state index in [9.17, 15) is 16.8 Å². The lowest BCUT2D eigenvalue weighted by Crippen LogP contribution is -2.22. The van der Waals surface area contributed by atoms with Gasteiger partial charge in [0.1, 0.15) is 5.00 Å². The van der Waals surface area contributed by atoms with Crippen LogP contribution in [0.5, 0.6) is 0 Å². The highest BCUT2D eigenvalue weighted by molar-refractivity contribution is 7.94. The second-order valence-corrected chi connectivity index (χ2v) is 10.8. The molecule has 9 heteroatoms. The van der Waals surface area contributed by atoms with Gasteiger partial charge in [0.05, 0.1) is 10.6 Å². The first kappa shape index (κ1) is 19.9. The SMILES string of the molecule is CCN(CC)c1sc(S(=O)(=O)CC)nc1S(=O)(=O)c1ccc(C)cc1. The smallest absolute Gasteiger partial charge is 0.226 e.